The van der Waals surface area contributed by atoms with Crippen molar-refractivity contribution in [3.63, 3.8) is 0 Å². The maximum Gasteiger partial charge on any atom is 0.291 e. The molecule has 1 aliphatic rings. The van der Waals surface area contributed by atoms with Crippen molar-refractivity contribution in [2.75, 3.05) is 18.0 Å². The first-order valence-electron chi connectivity index (χ1n) is 9.36. The third-order valence-electron chi connectivity index (χ3n) is 4.66. The molecule has 1 aliphatic carbocycles. The Balaban J connectivity index is 1.88. The zero-order chi connectivity index (χ0) is 21.0. The predicted octanol–water partition coefficient (Wildman–Crippen LogP) is 4.61. The van der Waals surface area contributed by atoms with Gasteiger partial charge in [0.15, 0.2) is 5.76 Å². The van der Waals surface area contributed by atoms with Crippen LogP contribution in [-0.4, -0.2) is 30.5 Å². The monoisotopic (exact) mass is 411 g/mol. The lowest BCUT2D eigenvalue weighted by molar-refractivity contribution is -0.112. The van der Waals surface area contributed by atoms with Crippen LogP contribution >= 0.6 is 11.6 Å². The Kier molecular flexibility index (Phi) is 6.34. The fourth-order valence-electron chi connectivity index (χ4n) is 2.98. The average molecular weight is 412 g/mol. The summed E-state index contributed by atoms with van der Waals surface area (Å²) in [5, 5.41) is 2.58. The number of halogens is 1. The van der Waals surface area contributed by atoms with E-state index in [4.69, 9.17) is 16.0 Å². The van der Waals surface area contributed by atoms with Gasteiger partial charge in [-0.1, -0.05) is 11.6 Å². The van der Waals surface area contributed by atoms with Gasteiger partial charge in [0.1, 0.15) is 0 Å². The van der Waals surface area contributed by atoms with Crippen LogP contribution in [0.3, 0.4) is 0 Å². The first-order valence-corrected chi connectivity index (χ1v) is 9.74. The van der Waals surface area contributed by atoms with Gasteiger partial charge < -0.3 is 14.6 Å². The van der Waals surface area contributed by atoms with E-state index in [-0.39, 0.29) is 16.5 Å². The van der Waals surface area contributed by atoms with Gasteiger partial charge >= 0.3 is 0 Å². The SMILES string of the molecule is CCN(CC)c1ccc(N=C2C=C(NC(=O)c3ccco3)C(=O)C(Cl)=C2C)cc1. The lowest BCUT2D eigenvalue weighted by Crippen LogP contribution is -2.30. The molecule has 0 atom stereocenters. The van der Waals surface area contributed by atoms with Crippen molar-refractivity contribution >= 4 is 40.4 Å². The van der Waals surface area contributed by atoms with Gasteiger partial charge in [0.05, 0.1) is 28.4 Å². The van der Waals surface area contributed by atoms with Crippen LogP contribution in [0, 0.1) is 0 Å². The Morgan fingerprint density at radius 3 is 2.45 bits per heavy atom. The molecule has 29 heavy (non-hydrogen) atoms. The number of carbonyl (C=O) groups excluding carboxylic acids is 2. The first kappa shape index (κ1) is 20.6. The van der Waals surface area contributed by atoms with E-state index in [1.807, 2.05) is 24.3 Å². The highest BCUT2D eigenvalue weighted by Gasteiger charge is 2.26. The number of rotatable bonds is 6. The molecule has 0 saturated heterocycles. The molecule has 0 radical (unpaired) electrons. The number of nitrogens with one attached hydrogen (secondary N) is 1. The fourth-order valence-corrected chi connectivity index (χ4v) is 3.18. The van der Waals surface area contributed by atoms with Crippen molar-refractivity contribution < 1.29 is 14.0 Å². The molecule has 2 aromatic rings. The number of Topliss-reactive ketones (excluding diaryl/α,β-unsaturated/α-hetero) is 1. The molecule has 0 bridgehead atoms. The molecule has 7 heteroatoms. The predicted molar refractivity (Wildman–Crippen MR) is 115 cm³/mol. The number of carbonyl (C=O) groups is 2. The maximum atomic E-state index is 12.5. The van der Waals surface area contributed by atoms with Crippen LogP contribution in [0.5, 0.6) is 0 Å². The number of nitrogens with zero attached hydrogens (tertiary/aromatic N) is 2. The summed E-state index contributed by atoms with van der Waals surface area (Å²) in [6.07, 6.45) is 2.92. The summed E-state index contributed by atoms with van der Waals surface area (Å²) in [5.41, 5.74) is 2.97. The van der Waals surface area contributed by atoms with Crippen LogP contribution in [0.1, 0.15) is 31.3 Å². The molecule has 1 amide bonds. The standard InChI is InChI=1S/C22H22ClN3O3/c1-4-26(5-2)16-10-8-15(9-11-16)24-17-13-18(21(27)20(23)14(17)3)25-22(28)19-7-6-12-29-19/h6-13H,4-5H2,1-3H3,(H,25,28). The smallest absolute Gasteiger partial charge is 0.291 e. The molecule has 0 saturated carbocycles. The first-order chi connectivity index (χ1) is 13.9. The minimum absolute atomic E-state index is 0.0285. The summed E-state index contributed by atoms with van der Waals surface area (Å²) >= 11 is 6.21. The molecular weight excluding hydrogens is 390 g/mol. The number of hydrogen-bond acceptors (Lipinski definition) is 5. The molecule has 0 aliphatic heterocycles. The van der Waals surface area contributed by atoms with Gasteiger partial charge in [0.25, 0.3) is 5.91 Å². The highest BCUT2D eigenvalue weighted by molar-refractivity contribution is 6.49. The van der Waals surface area contributed by atoms with Gasteiger partial charge in [-0.3, -0.25) is 9.59 Å². The van der Waals surface area contributed by atoms with E-state index >= 15 is 0 Å². The van der Waals surface area contributed by atoms with Crippen molar-refractivity contribution in [2.45, 2.75) is 20.8 Å². The lowest BCUT2D eigenvalue weighted by Gasteiger charge is -2.21. The largest absolute Gasteiger partial charge is 0.459 e. The van der Waals surface area contributed by atoms with Crippen LogP contribution in [-0.2, 0) is 4.79 Å². The van der Waals surface area contributed by atoms with E-state index in [2.05, 4.69) is 29.1 Å². The van der Waals surface area contributed by atoms with Crippen molar-refractivity contribution in [3.8, 4) is 0 Å². The second-order valence-corrected chi connectivity index (χ2v) is 6.82. The normalized spacial score (nSPS) is 15.5. The Hall–Kier alpha value is -3.12. The number of anilines is 1. The summed E-state index contributed by atoms with van der Waals surface area (Å²) in [4.78, 5) is 31.5. The number of hydrogen-bond donors (Lipinski definition) is 1. The minimum atomic E-state index is -0.526. The summed E-state index contributed by atoms with van der Waals surface area (Å²) in [7, 11) is 0. The fraction of sp³-hybridized carbons (Fsp3) is 0.227. The van der Waals surface area contributed by atoms with Crippen molar-refractivity contribution in [1.82, 2.24) is 5.32 Å². The van der Waals surface area contributed by atoms with Crippen LogP contribution in [0.4, 0.5) is 11.4 Å². The van der Waals surface area contributed by atoms with E-state index in [1.165, 1.54) is 18.4 Å². The van der Waals surface area contributed by atoms with Crippen molar-refractivity contribution in [3.05, 3.63) is 70.8 Å². The van der Waals surface area contributed by atoms with Gasteiger partial charge in [-0.15, -0.1) is 0 Å². The van der Waals surface area contributed by atoms with E-state index in [0.717, 1.165) is 24.5 Å². The highest BCUT2D eigenvalue weighted by atomic mass is 35.5. The minimum Gasteiger partial charge on any atom is -0.459 e. The third kappa shape index (κ3) is 4.49. The van der Waals surface area contributed by atoms with Crippen LogP contribution in [0.2, 0.25) is 0 Å². The highest BCUT2D eigenvalue weighted by Crippen LogP contribution is 2.26. The molecule has 150 valence electrons. The molecule has 1 aromatic carbocycles. The molecule has 1 N–H and O–H groups in total. The number of ketones is 1. The van der Waals surface area contributed by atoms with Gasteiger partial charge in [-0.05, 0) is 68.8 Å². The summed E-state index contributed by atoms with van der Waals surface area (Å²) < 4.78 is 5.06. The molecule has 1 aromatic heterocycles. The van der Waals surface area contributed by atoms with Gasteiger partial charge in [-0.2, -0.15) is 0 Å². The van der Waals surface area contributed by atoms with Crippen LogP contribution in [0.15, 0.2) is 74.4 Å². The number of amides is 1. The summed E-state index contributed by atoms with van der Waals surface area (Å²) in [6, 6.07) is 10.9. The quantitative estimate of drug-likeness (QED) is 0.704. The van der Waals surface area contributed by atoms with Crippen LogP contribution in [0.25, 0.3) is 0 Å². The van der Waals surface area contributed by atoms with Crippen molar-refractivity contribution in [2.24, 2.45) is 4.99 Å². The van der Waals surface area contributed by atoms with Gasteiger partial charge in [-0.25, -0.2) is 4.99 Å². The molecule has 0 fully saturated rings. The maximum absolute atomic E-state index is 12.5. The van der Waals surface area contributed by atoms with Crippen LogP contribution < -0.4 is 10.2 Å². The number of aliphatic imine (C=N–C) groups is 1. The number of furan rings is 1. The Morgan fingerprint density at radius 2 is 1.86 bits per heavy atom. The van der Waals surface area contributed by atoms with E-state index in [1.54, 1.807) is 13.0 Å². The van der Waals surface area contributed by atoms with E-state index in [9.17, 15) is 9.59 Å². The second kappa shape index (κ2) is 8.92. The third-order valence-corrected chi connectivity index (χ3v) is 5.11. The lowest BCUT2D eigenvalue weighted by atomic mass is 10.0. The van der Waals surface area contributed by atoms with Gasteiger partial charge in [0.2, 0.25) is 5.78 Å². The molecule has 1 heterocycles. The summed E-state index contributed by atoms with van der Waals surface area (Å²) in [6.45, 7) is 7.79. The average Bonchev–Trinajstić information content (AvgIpc) is 3.27. The zero-order valence-electron chi connectivity index (χ0n) is 16.5. The molecule has 3 rings (SSSR count). The molecular formula is C22H22ClN3O3. The number of allylic oxidation sites excluding steroid dienone is 3. The zero-order valence-corrected chi connectivity index (χ0v) is 17.3. The van der Waals surface area contributed by atoms with E-state index in [0.29, 0.717) is 11.3 Å². The Labute approximate surface area is 174 Å². The van der Waals surface area contributed by atoms with E-state index < -0.39 is 11.7 Å². The topological polar surface area (TPSA) is 74.9 Å². The Morgan fingerprint density at radius 1 is 1.17 bits per heavy atom. The van der Waals surface area contributed by atoms with Crippen molar-refractivity contribution in [1.29, 1.82) is 0 Å². The molecule has 0 spiro atoms. The summed E-state index contributed by atoms with van der Waals surface area (Å²) in [5.74, 6) is -0.881. The molecule has 0 unspecified atom stereocenters. The van der Waals surface area contributed by atoms with Gasteiger partial charge in [0, 0.05) is 18.8 Å². The Bertz CT molecular complexity index is 998. The molecule has 6 nitrogen and oxygen atoms in total. The number of benzene rings is 1. The second-order valence-electron chi connectivity index (χ2n) is 6.44.